The van der Waals surface area contributed by atoms with Crippen LogP contribution in [0.3, 0.4) is 0 Å². The van der Waals surface area contributed by atoms with Crippen LogP contribution < -0.4 is 10.1 Å². The van der Waals surface area contributed by atoms with Crippen molar-refractivity contribution in [2.75, 3.05) is 12.4 Å². The van der Waals surface area contributed by atoms with Gasteiger partial charge < -0.3 is 19.4 Å². The van der Waals surface area contributed by atoms with E-state index in [1.807, 2.05) is 6.92 Å². The highest BCUT2D eigenvalue weighted by Crippen LogP contribution is 2.20. The van der Waals surface area contributed by atoms with Crippen molar-refractivity contribution in [1.29, 1.82) is 0 Å². The molecule has 2 amide bonds. The third-order valence-electron chi connectivity index (χ3n) is 4.39. The fraction of sp³-hybridized carbons (Fsp3) is 0.182. The Balaban J connectivity index is 1.69. The minimum atomic E-state index is -2.89. The van der Waals surface area contributed by atoms with E-state index in [4.69, 9.17) is 4.42 Å². The van der Waals surface area contributed by atoms with Gasteiger partial charge in [0.2, 0.25) is 0 Å². The molecule has 3 aromatic rings. The fourth-order valence-corrected chi connectivity index (χ4v) is 2.82. The number of carbonyl (C=O) groups is 2. The second-order valence-corrected chi connectivity index (χ2v) is 6.64. The van der Waals surface area contributed by atoms with Crippen LogP contribution in [-0.2, 0) is 6.54 Å². The van der Waals surface area contributed by atoms with Crippen LogP contribution in [0.2, 0.25) is 0 Å². The second kappa shape index (κ2) is 9.21. The van der Waals surface area contributed by atoms with Gasteiger partial charge in [-0.25, -0.2) is 0 Å². The minimum Gasteiger partial charge on any atom is -0.459 e. The number of benzene rings is 2. The first-order valence-electron chi connectivity index (χ1n) is 9.08. The molecule has 156 valence electrons. The molecule has 0 aliphatic carbocycles. The largest absolute Gasteiger partial charge is 0.459 e. The minimum absolute atomic E-state index is 0.0539. The van der Waals surface area contributed by atoms with Gasteiger partial charge in [0.05, 0.1) is 6.26 Å². The first kappa shape index (κ1) is 21.0. The van der Waals surface area contributed by atoms with E-state index >= 15 is 0 Å². The Hall–Kier alpha value is -3.68. The maximum atomic E-state index is 12.8. The third-order valence-corrected chi connectivity index (χ3v) is 4.39. The molecule has 0 radical (unpaired) electrons. The zero-order chi connectivity index (χ0) is 21.7. The molecule has 0 spiro atoms. The molecule has 0 aliphatic rings. The number of hydrogen-bond acceptors (Lipinski definition) is 4. The molecule has 8 heteroatoms. The summed E-state index contributed by atoms with van der Waals surface area (Å²) in [5.74, 6) is -0.440. The fourth-order valence-electron chi connectivity index (χ4n) is 2.82. The number of halogens is 2. The number of anilines is 1. The number of hydrogen-bond donors (Lipinski definition) is 1. The second-order valence-electron chi connectivity index (χ2n) is 6.64. The van der Waals surface area contributed by atoms with Crippen LogP contribution in [-0.4, -0.2) is 30.4 Å². The molecule has 6 nitrogen and oxygen atoms in total. The van der Waals surface area contributed by atoms with Crippen molar-refractivity contribution < 1.29 is 27.5 Å². The van der Waals surface area contributed by atoms with Crippen LogP contribution in [0.15, 0.2) is 65.3 Å². The van der Waals surface area contributed by atoms with E-state index in [-0.39, 0.29) is 24.0 Å². The molecule has 0 saturated heterocycles. The summed E-state index contributed by atoms with van der Waals surface area (Å²) in [7, 11) is 1.63. The monoisotopic (exact) mass is 414 g/mol. The number of aryl methyl sites for hydroxylation is 1. The van der Waals surface area contributed by atoms with E-state index in [0.717, 1.165) is 11.1 Å². The first-order chi connectivity index (χ1) is 14.3. The summed E-state index contributed by atoms with van der Waals surface area (Å²) in [6.45, 7) is -0.793. The molecule has 0 atom stereocenters. The van der Waals surface area contributed by atoms with E-state index in [2.05, 4.69) is 10.1 Å². The molecule has 0 bridgehead atoms. The Morgan fingerprint density at radius 3 is 2.50 bits per heavy atom. The Labute approximate surface area is 172 Å². The maximum Gasteiger partial charge on any atom is 0.387 e. The highest BCUT2D eigenvalue weighted by molar-refractivity contribution is 6.03. The number of nitrogens with zero attached hydrogens (tertiary/aromatic N) is 1. The van der Waals surface area contributed by atoms with Gasteiger partial charge in [0.25, 0.3) is 11.8 Å². The van der Waals surface area contributed by atoms with Crippen LogP contribution in [0.25, 0.3) is 0 Å². The summed E-state index contributed by atoms with van der Waals surface area (Å²) in [5.41, 5.74) is 2.45. The zero-order valence-corrected chi connectivity index (χ0v) is 16.4. The van der Waals surface area contributed by atoms with Crippen molar-refractivity contribution in [3.63, 3.8) is 0 Å². The van der Waals surface area contributed by atoms with E-state index < -0.39 is 12.5 Å². The Morgan fingerprint density at radius 2 is 1.87 bits per heavy atom. The summed E-state index contributed by atoms with van der Waals surface area (Å²) >= 11 is 0. The predicted octanol–water partition coefficient (Wildman–Crippen LogP) is 4.71. The SMILES string of the molecule is Cc1ccc(C(=O)N(C)Cc2ccc(OC(F)F)cc2)cc1NC(=O)c1ccco1. The van der Waals surface area contributed by atoms with Crippen molar-refractivity contribution in [2.24, 2.45) is 0 Å². The Kier molecular flexibility index (Phi) is 6.46. The van der Waals surface area contributed by atoms with Crippen molar-refractivity contribution in [3.05, 3.63) is 83.3 Å². The van der Waals surface area contributed by atoms with Crippen molar-refractivity contribution >= 4 is 17.5 Å². The van der Waals surface area contributed by atoms with Gasteiger partial charge in [0, 0.05) is 24.8 Å². The lowest BCUT2D eigenvalue weighted by atomic mass is 10.1. The summed E-state index contributed by atoms with van der Waals surface area (Å²) in [4.78, 5) is 26.5. The molecule has 2 aromatic carbocycles. The van der Waals surface area contributed by atoms with Gasteiger partial charge in [-0.1, -0.05) is 18.2 Å². The smallest absolute Gasteiger partial charge is 0.387 e. The molecule has 1 N–H and O–H groups in total. The van der Waals surface area contributed by atoms with Gasteiger partial charge in [-0.3, -0.25) is 9.59 Å². The quantitative estimate of drug-likeness (QED) is 0.608. The van der Waals surface area contributed by atoms with Crippen LogP contribution in [0.1, 0.15) is 32.0 Å². The van der Waals surface area contributed by atoms with Crippen LogP contribution in [0, 0.1) is 6.92 Å². The third kappa shape index (κ3) is 5.22. The van der Waals surface area contributed by atoms with Gasteiger partial charge >= 0.3 is 6.61 Å². The van der Waals surface area contributed by atoms with Gasteiger partial charge in [-0.15, -0.1) is 0 Å². The van der Waals surface area contributed by atoms with Crippen LogP contribution in [0.4, 0.5) is 14.5 Å². The Bertz CT molecular complexity index is 1020. The topological polar surface area (TPSA) is 71.8 Å². The van der Waals surface area contributed by atoms with Crippen LogP contribution in [0.5, 0.6) is 5.75 Å². The molecule has 0 unspecified atom stereocenters. The lowest BCUT2D eigenvalue weighted by Crippen LogP contribution is -2.26. The van der Waals surface area contributed by atoms with Gasteiger partial charge in [-0.2, -0.15) is 8.78 Å². The standard InChI is InChI=1S/C22H20F2N2O4/c1-14-5-8-16(12-18(14)25-20(27)19-4-3-11-29-19)21(28)26(2)13-15-6-9-17(10-7-15)30-22(23)24/h3-12,22H,13H2,1-2H3,(H,25,27). The molecule has 3 rings (SSSR count). The number of rotatable bonds is 7. The average molecular weight is 414 g/mol. The van der Waals surface area contributed by atoms with E-state index in [1.165, 1.54) is 23.3 Å². The number of nitrogens with one attached hydrogen (secondary N) is 1. The molecule has 0 fully saturated rings. The molecular weight excluding hydrogens is 394 g/mol. The summed E-state index contributed by atoms with van der Waals surface area (Å²) in [6, 6.07) is 14.3. The molecule has 1 heterocycles. The van der Waals surface area contributed by atoms with Gasteiger partial charge in [0.15, 0.2) is 5.76 Å². The summed E-state index contributed by atoms with van der Waals surface area (Å²) < 4.78 is 33.9. The lowest BCUT2D eigenvalue weighted by molar-refractivity contribution is -0.0498. The van der Waals surface area contributed by atoms with Crippen LogP contribution >= 0.6 is 0 Å². The number of furan rings is 1. The first-order valence-corrected chi connectivity index (χ1v) is 9.08. The predicted molar refractivity (Wildman–Crippen MR) is 107 cm³/mol. The molecule has 30 heavy (non-hydrogen) atoms. The summed E-state index contributed by atoms with van der Waals surface area (Å²) in [6.07, 6.45) is 1.41. The molecular formula is C22H20F2N2O4. The summed E-state index contributed by atoms with van der Waals surface area (Å²) in [5, 5.41) is 2.74. The lowest BCUT2D eigenvalue weighted by Gasteiger charge is -2.18. The number of amides is 2. The molecule has 0 saturated carbocycles. The average Bonchev–Trinajstić information content (AvgIpc) is 3.25. The number of alkyl halides is 2. The Morgan fingerprint density at radius 1 is 1.13 bits per heavy atom. The van der Waals surface area contributed by atoms with Crippen molar-refractivity contribution in [2.45, 2.75) is 20.1 Å². The zero-order valence-electron chi connectivity index (χ0n) is 16.4. The highest BCUT2D eigenvalue weighted by Gasteiger charge is 2.16. The normalized spacial score (nSPS) is 10.7. The van der Waals surface area contributed by atoms with E-state index in [9.17, 15) is 18.4 Å². The molecule has 1 aromatic heterocycles. The number of ether oxygens (including phenoxy) is 1. The number of carbonyl (C=O) groups excluding carboxylic acids is 2. The molecule has 0 aliphatic heterocycles. The van der Waals surface area contributed by atoms with Crippen molar-refractivity contribution in [3.8, 4) is 5.75 Å². The highest BCUT2D eigenvalue weighted by atomic mass is 19.3. The van der Waals surface area contributed by atoms with Gasteiger partial charge in [0.1, 0.15) is 5.75 Å². The van der Waals surface area contributed by atoms with E-state index in [1.54, 1.807) is 49.5 Å². The van der Waals surface area contributed by atoms with Crippen molar-refractivity contribution in [1.82, 2.24) is 4.90 Å². The maximum absolute atomic E-state index is 12.8. The van der Waals surface area contributed by atoms with Gasteiger partial charge in [-0.05, 0) is 54.4 Å². The van der Waals surface area contributed by atoms with E-state index in [0.29, 0.717) is 11.3 Å².